The Morgan fingerprint density at radius 2 is 2.23 bits per heavy atom. The fraction of sp³-hybridized carbons (Fsp3) is 0.304. The Kier molecular flexibility index (Phi) is 4.57. The van der Waals surface area contributed by atoms with Crippen LogP contribution in [0.5, 0.6) is 5.75 Å². The number of rotatable bonds is 5. The molecule has 1 atom stereocenters. The van der Waals surface area contributed by atoms with Crippen molar-refractivity contribution in [2.24, 2.45) is 0 Å². The van der Waals surface area contributed by atoms with Crippen molar-refractivity contribution in [3.05, 3.63) is 59.2 Å². The monoisotopic (exact) mass is 423 g/mol. The van der Waals surface area contributed by atoms with Gasteiger partial charge in [0.1, 0.15) is 17.1 Å². The highest BCUT2D eigenvalue weighted by Crippen LogP contribution is 2.35. The SMILES string of the molecule is COc1ccn2c3c(c(CC(=O)O)c2c1)CCC(N(C)c1nc2cc(F)ccc2o1)C3. The van der Waals surface area contributed by atoms with Gasteiger partial charge in [-0.2, -0.15) is 4.98 Å². The highest BCUT2D eigenvalue weighted by molar-refractivity contribution is 5.78. The molecule has 0 saturated carbocycles. The summed E-state index contributed by atoms with van der Waals surface area (Å²) in [7, 11) is 3.52. The fourth-order valence-electron chi connectivity index (χ4n) is 4.58. The summed E-state index contributed by atoms with van der Waals surface area (Å²) in [6.07, 6.45) is 4.21. The maximum Gasteiger partial charge on any atom is 0.307 e. The summed E-state index contributed by atoms with van der Waals surface area (Å²) in [6, 6.07) is 8.63. The summed E-state index contributed by atoms with van der Waals surface area (Å²) in [6.45, 7) is 0. The molecule has 1 aliphatic rings. The molecule has 31 heavy (non-hydrogen) atoms. The molecule has 8 heteroatoms. The number of halogens is 1. The standard InChI is InChI=1S/C23H22FN3O4/c1-26(23-25-18-9-13(24)3-6-21(18)31-23)14-4-5-16-17(12-22(28)29)20-11-15(30-2)7-8-27(20)19(16)10-14/h3,6-9,11,14H,4-5,10,12H2,1-2H3,(H,28,29). The van der Waals surface area contributed by atoms with Gasteiger partial charge in [0.15, 0.2) is 5.58 Å². The van der Waals surface area contributed by atoms with E-state index in [2.05, 4.69) is 9.38 Å². The van der Waals surface area contributed by atoms with Gasteiger partial charge in [0.05, 0.1) is 19.0 Å². The molecule has 1 aromatic carbocycles. The second-order valence-electron chi connectivity index (χ2n) is 7.91. The van der Waals surface area contributed by atoms with Crippen molar-refractivity contribution < 1.29 is 23.4 Å². The number of fused-ring (bicyclic) bond motifs is 4. The zero-order valence-corrected chi connectivity index (χ0v) is 17.3. The molecule has 1 unspecified atom stereocenters. The number of carbonyl (C=O) groups is 1. The molecular formula is C23H22FN3O4. The number of aromatic nitrogens is 2. The maximum atomic E-state index is 13.5. The van der Waals surface area contributed by atoms with Crippen molar-refractivity contribution >= 4 is 28.6 Å². The van der Waals surface area contributed by atoms with E-state index in [1.807, 2.05) is 30.3 Å². The Labute approximate surface area is 177 Å². The first-order chi connectivity index (χ1) is 14.9. The molecule has 5 rings (SSSR count). The van der Waals surface area contributed by atoms with Crippen LogP contribution < -0.4 is 9.64 Å². The van der Waals surface area contributed by atoms with Gasteiger partial charge in [-0.15, -0.1) is 0 Å². The summed E-state index contributed by atoms with van der Waals surface area (Å²) >= 11 is 0. The maximum absolute atomic E-state index is 13.5. The number of pyridine rings is 1. The zero-order valence-electron chi connectivity index (χ0n) is 17.3. The van der Waals surface area contributed by atoms with Gasteiger partial charge in [-0.25, -0.2) is 4.39 Å². The van der Waals surface area contributed by atoms with Crippen LogP contribution in [0.4, 0.5) is 10.4 Å². The Bertz CT molecular complexity index is 1310. The number of hydrogen-bond acceptors (Lipinski definition) is 5. The lowest BCUT2D eigenvalue weighted by atomic mass is 9.89. The molecular weight excluding hydrogens is 401 g/mol. The van der Waals surface area contributed by atoms with E-state index in [0.29, 0.717) is 29.3 Å². The third kappa shape index (κ3) is 3.28. The minimum atomic E-state index is -0.851. The van der Waals surface area contributed by atoms with E-state index in [-0.39, 0.29) is 18.3 Å². The van der Waals surface area contributed by atoms with Gasteiger partial charge in [-0.05, 0) is 42.2 Å². The van der Waals surface area contributed by atoms with Crippen LogP contribution in [-0.2, 0) is 24.1 Å². The number of ether oxygens (including phenoxy) is 1. The van der Waals surface area contributed by atoms with Crippen molar-refractivity contribution in [1.82, 2.24) is 9.38 Å². The van der Waals surface area contributed by atoms with Crippen LogP contribution in [0.3, 0.4) is 0 Å². The zero-order chi connectivity index (χ0) is 21.7. The number of benzene rings is 1. The van der Waals surface area contributed by atoms with E-state index in [1.54, 1.807) is 13.2 Å². The molecule has 4 aromatic rings. The number of carboxylic acid groups (broad SMARTS) is 1. The van der Waals surface area contributed by atoms with Crippen molar-refractivity contribution in [3.63, 3.8) is 0 Å². The lowest BCUT2D eigenvalue weighted by Gasteiger charge is -2.30. The summed E-state index contributed by atoms with van der Waals surface area (Å²) in [5.74, 6) is -0.504. The van der Waals surface area contributed by atoms with Crippen LogP contribution in [0, 0.1) is 5.82 Å². The molecule has 0 bridgehead atoms. The highest BCUT2D eigenvalue weighted by Gasteiger charge is 2.30. The lowest BCUT2D eigenvalue weighted by molar-refractivity contribution is -0.136. The molecule has 3 heterocycles. The average Bonchev–Trinajstić information content (AvgIpc) is 3.31. The largest absolute Gasteiger partial charge is 0.497 e. The molecule has 7 nitrogen and oxygen atoms in total. The van der Waals surface area contributed by atoms with Crippen LogP contribution in [0.25, 0.3) is 16.6 Å². The summed E-state index contributed by atoms with van der Waals surface area (Å²) < 4.78 is 26.8. The Balaban J connectivity index is 1.52. The number of likely N-dealkylation sites (N-methyl/N-ethyl adjacent to an activating group) is 1. The summed E-state index contributed by atoms with van der Waals surface area (Å²) in [5, 5.41) is 9.45. The Hall–Kier alpha value is -3.55. The molecule has 1 N–H and O–H groups in total. The van der Waals surface area contributed by atoms with Crippen molar-refractivity contribution in [2.75, 3.05) is 19.1 Å². The first-order valence-corrected chi connectivity index (χ1v) is 10.1. The Morgan fingerprint density at radius 1 is 1.39 bits per heavy atom. The normalized spacial score (nSPS) is 15.9. The molecule has 160 valence electrons. The van der Waals surface area contributed by atoms with Crippen molar-refractivity contribution in [1.29, 1.82) is 0 Å². The van der Waals surface area contributed by atoms with Gasteiger partial charge in [-0.1, -0.05) is 0 Å². The van der Waals surface area contributed by atoms with Gasteiger partial charge >= 0.3 is 5.97 Å². The van der Waals surface area contributed by atoms with E-state index >= 15 is 0 Å². The molecule has 0 fully saturated rings. The van der Waals surface area contributed by atoms with E-state index in [1.165, 1.54) is 12.1 Å². The molecule has 0 aliphatic heterocycles. The first kappa shape index (κ1) is 19.4. The second kappa shape index (κ2) is 7.30. The number of anilines is 1. The Morgan fingerprint density at radius 3 is 3.00 bits per heavy atom. The minimum Gasteiger partial charge on any atom is -0.497 e. The molecule has 0 spiro atoms. The van der Waals surface area contributed by atoms with Crippen molar-refractivity contribution in [3.8, 4) is 5.75 Å². The van der Waals surface area contributed by atoms with E-state index in [0.717, 1.165) is 35.2 Å². The van der Waals surface area contributed by atoms with E-state index in [4.69, 9.17) is 9.15 Å². The molecule has 0 radical (unpaired) electrons. The number of hydrogen-bond donors (Lipinski definition) is 1. The smallest absolute Gasteiger partial charge is 0.307 e. The number of nitrogens with zero attached hydrogens (tertiary/aromatic N) is 3. The van der Waals surface area contributed by atoms with Crippen molar-refractivity contribution in [2.45, 2.75) is 31.7 Å². The van der Waals surface area contributed by atoms with Gasteiger partial charge in [0.25, 0.3) is 6.01 Å². The van der Waals surface area contributed by atoms with E-state index in [9.17, 15) is 14.3 Å². The average molecular weight is 423 g/mol. The van der Waals surface area contributed by atoms with Gasteiger partial charge in [-0.3, -0.25) is 4.79 Å². The second-order valence-corrected chi connectivity index (χ2v) is 7.91. The van der Waals surface area contributed by atoms with E-state index < -0.39 is 5.97 Å². The van der Waals surface area contributed by atoms with Crippen LogP contribution >= 0.6 is 0 Å². The predicted molar refractivity (Wildman–Crippen MR) is 113 cm³/mol. The van der Waals surface area contributed by atoms with Crippen LogP contribution in [0.15, 0.2) is 40.9 Å². The van der Waals surface area contributed by atoms with Gasteiger partial charge in [0, 0.05) is 43.5 Å². The number of aliphatic carboxylic acids is 1. The number of carboxylic acids is 1. The molecule has 0 saturated heterocycles. The summed E-state index contributed by atoms with van der Waals surface area (Å²) in [5.41, 5.74) is 4.94. The predicted octanol–water partition coefficient (Wildman–Crippen LogP) is 3.85. The molecule has 3 aromatic heterocycles. The van der Waals surface area contributed by atoms with Gasteiger partial charge in [0.2, 0.25) is 0 Å². The third-order valence-corrected chi connectivity index (χ3v) is 6.15. The van der Waals surface area contributed by atoms with Crippen LogP contribution in [0.2, 0.25) is 0 Å². The first-order valence-electron chi connectivity index (χ1n) is 10.1. The highest BCUT2D eigenvalue weighted by atomic mass is 19.1. The minimum absolute atomic E-state index is 0.0246. The van der Waals surface area contributed by atoms with Crippen LogP contribution in [-0.4, -0.2) is 40.7 Å². The van der Waals surface area contributed by atoms with Crippen LogP contribution in [0.1, 0.15) is 23.2 Å². The topological polar surface area (TPSA) is 80.2 Å². The summed E-state index contributed by atoms with van der Waals surface area (Å²) in [4.78, 5) is 18.0. The third-order valence-electron chi connectivity index (χ3n) is 6.15. The van der Waals surface area contributed by atoms with Gasteiger partial charge < -0.3 is 23.6 Å². The molecule has 0 amide bonds. The number of methoxy groups -OCH3 is 1. The number of oxazole rings is 1. The lowest BCUT2D eigenvalue weighted by Crippen LogP contribution is -2.37. The molecule has 1 aliphatic carbocycles. The quantitative estimate of drug-likeness (QED) is 0.525. The fourth-order valence-corrected chi connectivity index (χ4v) is 4.58.